The fourth-order valence-electron chi connectivity index (χ4n) is 4.83. The number of aromatic nitrogens is 3. The van der Waals surface area contributed by atoms with Gasteiger partial charge in [-0.3, -0.25) is 24.2 Å². The first-order valence-corrected chi connectivity index (χ1v) is 14.3. The summed E-state index contributed by atoms with van der Waals surface area (Å²) in [5.41, 5.74) is -1.36. The highest BCUT2D eigenvalue weighted by Crippen LogP contribution is 2.34. The summed E-state index contributed by atoms with van der Waals surface area (Å²) < 4.78 is 29.7. The smallest absolute Gasteiger partial charge is 0.294 e. The summed E-state index contributed by atoms with van der Waals surface area (Å²) in [6.07, 6.45) is 4.15. The Labute approximate surface area is 253 Å². The fourth-order valence-corrected chi connectivity index (χ4v) is 6.12. The molecule has 0 aliphatic carbocycles. The number of carbonyl (C=O) groups excluding carboxylic acids is 3. The van der Waals surface area contributed by atoms with Crippen LogP contribution >= 0.6 is 35.0 Å². The van der Waals surface area contributed by atoms with E-state index in [9.17, 15) is 28.3 Å². The molecule has 1 atom stereocenters. The minimum absolute atomic E-state index is 0.0292. The van der Waals surface area contributed by atoms with Gasteiger partial charge in [0.2, 0.25) is 5.91 Å². The Bertz CT molecular complexity index is 1550. The summed E-state index contributed by atoms with van der Waals surface area (Å²) in [5.74, 6) is -2.67. The van der Waals surface area contributed by atoms with Crippen LogP contribution in [0.1, 0.15) is 11.1 Å². The van der Waals surface area contributed by atoms with E-state index >= 15 is 0 Å². The van der Waals surface area contributed by atoms with E-state index in [1.807, 2.05) is 4.90 Å². The van der Waals surface area contributed by atoms with Gasteiger partial charge in [-0.25, -0.2) is 18.4 Å². The number of imide groups is 1. The Morgan fingerprint density at radius 3 is 2.50 bits per heavy atom. The van der Waals surface area contributed by atoms with Crippen LogP contribution in [0.5, 0.6) is 0 Å². The van der Waals surface area contributed by atoms with Crippen LogP contribution in [0, 0.1) is 11.6 Å². The molecule has 0 radical (unpaired) electrons. The first-order valence-electron chi connectivity index (χ1n) is 12.7. The summed E-state index contributed by atoms with van der Waals surface area (Å²) in [7, 11) is 0. The number of aliphatic hydroxyl groups is 1. The molecule has 3 aromatic rings. The number of rotatable bonds is 8. The lowest BCUT2D eigenvalue weighted by Gasteiger charge is -2.40. The zero-order chi connectivity index (χ0) is 30.0. The molecule has 3 heterocycles. The maximum Gasteiger partial charge on any atom is 0.294 e. The Morgan fingerprint density at radius 1 is 1.07 bits per heavy atom. The van der Waals surface area contributed by atoms with Crippen molar-refractivity contribution in [2.45, 2.75) is 12.1 Å². The molecule has 10 nitrogen and oxygen atoms in total. The molecule has 220 valence electrons. The topological polar surface area (TPSA) is 112 Å². The minimum atomic E-state index is -1.78. The average molecular weight is 637 g/mol. The van der Waals surface area contributed by atoms with Crippen molar-refractivity contribution in [1.29, 1.82) is 0 Å². The molecular formula is C27H24Cl2F2N6O4S. The lowest BCUT2D eigenvalue weighted by Crippen LogP contribution is -2.55. The SMILES string of the molecule is O=C(CN1C(=O)SC(=Cc2ccc(Cl)cc2Cl)C1=O)N1CCN(CC(O)(Cn2cncn2)c2ccc(F)cc2F)CC1. The maximum absolute atomic E-state index is 14.7. The van der Waals surface area contributed by atoms with Crippen LogP contribution in [-0.2, 0) is 21.7 Å². The molecule has 2 saturated heterocycles. The first kappa shape index (κ1) is 30.1. The number of thioether (sulfide) groups is 1. The van der Waals surface area contributed by atoms with Gasteiger partial charge in [0.15, 0.2) is 0 Å². The first-order chi connectivity index (χ1) is 20.0. The Kier molecular flexibility index (Phi) is 8.94. The van der Waals surface area contributed by atoms with E-state index in [1.165, 1.54) is 40.4 Å². The third-order valence-electron chi connectivity index (χ3n) is 6.95. The molecule has 2 aromatic carbocycles. The number of amides is 3. The molecule has 42 heavy (non-hydrogen) atoms. The summed E-state index contributed by atoms with van der Waals surface area (Å²) in [6, 6.07) is 7.74. The third kappa shape index (κ3) is 6.65. The zero-order valence-electron chi connectivity index (χ0n) is 21.9. The van der Waals surface area contributed by atoms with Gasteiger partial charge in [-0.1, -0.05) is 35.3 Å². The molecule has 0 bridgehead atoms. The number of hydrogen-bond acceptors (Lipinski definition) is 8. The predicted molar refractivity (Wildman–Crippen MR) is 152 cm³/mol. The van der Waals surface area contributed by atoms with Gasteiger partial charge in [0.1, 0.15) is 36.4 Å². The highest BCUT2D eigenvalue weighted by atomic mass is 35.5. The van der Waals surface area contributed by atoms with Gasteiger partial charge in [0.05, 0.1) is 11.4 Å². The van der Waals surface area contributed by atoms with Crippen molar-refractivity contribution in [1.82, 2.24) is 29.5 Å². The van der Waals surface area contributed by atoms with E-state index in [1.54, 1.807) is 12.1 Å². The lowest BCUT2D eigenvalue weighted by molar-refractivity contribution is -0.137. The quantitative estimate of drug-likeness (QED) is 0.373. The van der Waals surface area contributed by atoms with E-state index in [0.29, 0.717) is 34.8 Å². The van der Waals surface area contributed by atoms with E-state index in [4.69, 9.17) is 23.2 Å². The van der Waals surface area contributed by atoms with Gasteiger partial charge >= 0.3 is 0 Å². The highest BCUT2D eigenvalue weighted by Gasteiger charge is 2.39. The monoisotopic (exact) mass is 636 g/mol. The van der Waals surface area contributed by atoms with E-state index in [0.717, 1.165) is 22.7 Å². The van der Waals surface area contributed by atoms with Crippen LogP contribution in [0.3, 0.4) is 0 Å². The number of benzene rings is 2. The van der Waals surface area contributed by atoms with E-state index in [-0.39, 0.29) is 36.6 Å². The van der Waals surface area contributed by atoms with Gasteiger partial charge in [0.25, 0.3) is 11.1 Å². The van der Waals surface area contributed by atoms with Crippen molar-refractivity contribution in [3.8, 4) is 0 Å². The maximum atomic E-state index is 14.7. The molecule has 1 aromatic heterocycles. The second kappa shape index (κ2) is 12.5. The molecule has 3 amide bonds. The normalized spacial score (nSPS) is 18.6. The average Bonchev–Trinajstić information content (AvgIpc) is 3.53. The van der Waals surface area contributed by atoms with Gasteiger partial charge in [-0.05, 0) is 41.6 Å². The molecule has 2 aliphatic rings. The Hall–Kier alpha value is -3.36. The second-order valence-electron chi connectivity index (χ2n) is 9.84. The van der Waals surface area contributed by atoms with E-state index in [2.05, 4.69) is 10.1 Å². The molecule has 1 N–H and O–H groups in total. The number of nitrogens with zero attached hydrogens (tertiary/aromatic N) is 6. The van der Waals surface area contributed by atoms with Crippen LogP contribution in [0.25, 0.3) is 6.08 Å². The van der Waals surface area contributed by atoms with Crippen LogP contribution in [-0.4, -0.2) is 90.9 Å². The molecule has 1 unspecified atom stereocenters. The molecule has 0 spiro atoms. The summed E-state index contributed by atoms with van der Waals surface area (Å²) in [6.45, 7) is 0.554. The molecule has 0 saturated carbocycles. The Morgan fingerprint density at radius 2 is 1.83 bits per heavy atom. The van der Waals surface area contributed by atoms with Crippen molar-refractivity contribution in [2.75, 3.05) is 39.3 Å². The number of hydrogen-bond donors (Lipinski definition) is 1. The van der Waals surface area contributed by atoms with Crippen molar-refractivity contribution in [2.24, 2.45) is 0 Å². The van der Waals surface area contributed by atoms with Crippen LogP contribution in [0.15, 0.2) is 54.0 Å². The number of β-amino-alcohol motifs (C(OH)–C–C–N with tert-alkyl or cyclic N) is 1. The van der Waals surface area contributed by atoms with Gasteiger partial charge < -0.3 is 10.0 Å². The van der Waals surface area contributed by atoms with Crippen molar-refractivity contribution >= 4 is 58.1 Å². The summed E-state index contributed by atoms with van der Waals surface area (Å²) in [5, 5.41) is 15.8. The second-order valence-corrected chi connectivity index (χ2v) is 11.7. The zero-order valence-corrected chi connectivity index (χ0v) is 24.2. The van der Waals surface area contributed by atoms with Crippen LogP contribution in [0.4, 0.5) is 13.6 Å². The minimum Gasteiger partial charge on any atom is -0.382 e. The van der Waals surface area contributed by atoms with Gasteiger partial charge in [-0.2, -0.15) is 5.10 Å². The largest absolute Gasteiger partial charge is 0.382 e. The number of piperazine rings is 1. The molecule has 2 fully saturated rings. The van der Waals surface area contributed by atoms with Gasteiger partial charge in [0, 0.05) is 54.4 Å². The summed E-state index contributed by atoms with van der Waals surface area (Å²) in [4.78, 5) is 46.8. The lowest BCUT2D eigenvalue weighted by atomic mass is 9.92. The predicted octanol–water partition coefficient (Wildman–Crippen LogP) is 3.63. The van der Waals surface area contributed by atoms with Crippen LogP contribution in [0.2, 0.25) is 10.0 Å². The van der Waals surface area contributed by atoms with Crippen molar-refractivity contribution in [3.05, 3.63) is 86.8 Å². The summed E-state index contributed by atoms with van der Waals surface area (Å²) >= 11 is 12.8. The number of carbonyl (C=O) groups is 3. The molecule has 5 rings (SSSR count). The Balaban J connectivity index is 1.21. The number of halogens is 4. The molecule has 15 heteroatoms. The highest BCUT2D eigenvalue weighted by molar-refractivity contribution is 8.18. The van der Waals surface area contributed by atoms with E-state index < -0.39 is 40.8 Å². The standard InChI is InChI=1S/C27H24Cl2F2N6O4S/c28-18-2-1-17(21(29)10-18)9-23-25(39)37(26(40)42-23)12-24(38)35-7-5-34(6-8-35)13-27(41,14-36-16-32-15-33-36)20-4-3-19(30)11-22(20)31/h1-4,9-11,15-16,41H,5-8,12-14H2. The van der Waals surface area contributed by atoms with Crippen molar-refractivity contribution < 1.29 is 28.3 Å². The van der Waals surface area contributed by atoms with Crippen molar-refractivity contribution in [3.63, 3.8) is 0 Å². The fraction of sp³-hybridized carbons (Fsp3) is 0.296. The van der Waals surface area contributed by atoms with Gasteiger partial charge in [-0.15, -0.1) is 0 Å². The molecular weight excluding hydrogens is 613 g/mol. The van der Waals surface area contributed by atoms with Crippen LogP contribution < -0.4 is 0 Å². The third-order valence-corrected chi connectivity index (χ3v) is 8.42. The molecule has 2 aliphatic heterocycles.